The van der Waals surface area contributed by atoms with E-state index in [-0.39, 0.29) is 13.0 Å². The predicted octanol–water partition coefficient (Wildman–Crippen LogP) is 3.28. The molecule has 1 aromatic carbocycles. The molecule has 0 bridgehead atoms. The SMILES string of the molecule is CCOC(=O)C(C#N)(CC#C[Si](C)(C)C)c1ccccc1. The summed E-state index contributed by atoms with van der Waals surface area (Å²) in [4.78, 5) is 12.4. The van der Waals surface area contributed by atoms with E-state index in [2.05, 4.69) is 37.2 Å². The maximum atomic E-state index is 12.4. The highest BCUT2D eigenvalue weighted by Crippen LogP contribution is 2.29. The first-order chi connectivity index (χ1) is 9.85. The number of carbonyl (C=O) groups is 1. The second-order valence-electron chi connectivity index (χ2n) is 5.83. The van der Waals surface area contributed by atoms with Gasteiger partial charge in [0.1, 0.15) is 8.07 Å². The molecule has 0 aliphatic heterocycles. The summed E-state index contributed by atoms with van der Waals surface area (Å²) >= 11 is 0. The van der Waals surface area contributed by atoms with Crippen molar-refractivity contribution in [1.82, 2.24) is 0 Å². The van der Waals surface area contributed by atoms with Crippen LogP contribution in [0, 0.1) is 22.8 Å². The van der Waals surface area contributed by atoms with Gasteiger partial charge in [-0.2, -0.15) is 5.26 Å². The van der Waals surface area contributed by atoms with Crippen molar-refractivity contribution in [3.05, 3.63) is 35.9 Å². The Morgan fingerprint density at radius 1 is 1.29 bits per heavy atom. The molecule has 1 aromatic rings. The first kappa shape index (κ1) is 17.0. The quantitative estimate of drug-likeness (QED) is 0.487. The number of ether oxygens (including phenoxy) is 1. The summed E-state index contributed by atoms with van der Waals surface area (Å²) in [5.41, 5.74) is 2.50. The number of rotatable bonds is 4. The molecule has 0 radical (unpaired) electrons. The van der Waals surface area contributed by atoms with E-state index in [9.17, 15) is 10.1 Å². The Bertz CT molecular complexity index is 587. The number of nitriles is 1. The van der Waals surface area contributed by atoms with E-state index >= 15 is 0 Å². The molecule has 0 amide bonds. The van der Waals surface area contributed by atoms with Crippen LogP contribution in [0.25, 0.3) is 0 Å². The maximum absolute atomic E-state index is 12.4. The maximum Gasteiger partial charge on any atom is 0.332 e. The molecule has 0 saturated heterocycles. The summed E-state index contributed by atoms with van der Waals surface area (Å²) in [5.74, 6) is 2.52. The van der Waals surface area contributed by atoms with Crippen LogP contribution in [0.4, 0.5) is 0 Å². The van der Waals surface area contributed by atoms with Gasteiger partial charge < -0.3 is 4.74 Å². The third-order valence-corrected chi connectivity index (χ3v) is 3.83. The molecule has 3 nitrogen and oxygen atoms in total. The number of benzene rings is 1. The van der Waals surface area contributed by atoms with Crippen molar-refractivity contribution < 1.29 is 9.53 Å². The molecule has 1 atom stereocenters. The lowest BCUT2D eigenvalue weighted by atomic mass is 9.79. The number of hydrogen-bond donors (Lipinski definition) is 0. The molecule has 0 saturated carbocycles. The largest absolute Gasteiger partial charge is 0.465 e. The van der Waals surface area contributed by atoms with Crippen molar-refractivity contribution in [1.29, 1.82) is 5.26 Å². The normalized spacial score (nSPS) is 13.3. The van der Waals surface area contributed by atoms with Gasteiger partial charge in [-0.3, -0.25) is 0 Å². The van der Waals surface area contributed by atoms with Gasteiger partial charge in [-0.15, -0.1) is 11.5 Å². The second kappa shape index (κ2) is 7.11. The fraction of sp³-hybridized carbons (Fsp3) is 0.412. The van der Waals surface area contributed by atoms with E-state index in [4.69, 9.17) is 4.74 Å². The van der Waals surface area contributed by atoms with Crippen LogP contribution < -0.4 is 0 Å². The Morgan fingerprint density at radius 2 is 1.90 bits per heavy atom. The number of esters is 1. The standard InChI is InChI=1S/C17H21NO2Si/c1-5-20-16(19)17(14-18,12-9-13-21(2,3)4)15-10-7-6-8-11-15/h6-8,10-11H,5,12H2,1-4H3. The van der Waals surface area contributed by atoms with Gasteiger partial charge in [-0.05, 0) is 12.5 Å². The fourth-order valence-corrected chi connectivity index (χ4v) is 2.48. The summed E-state index contributed by atoms with van der Waals surface area (Å²) in [6.07, 6.45) is 0.163. The average molecular weight is 299 g/mol. The molecule has 1 unspecified atom stereocenters. The van der Waals surface area contributed by atoms with Crippen molar-refractivity contribution in [3.63, 3.8) is 0 Å². The molecule has 0 spiro atoms. The number of carbonyl (C=O) groups excluding carboxylic acids is 1. The minimum atomic E-state index is -1.55. The molecular weight excluding hydrogens is 278 g/mol. The first-order valence-corrected chi connectivity index (χ1v) is 10.5. The van der Waals surface area contributed by atoms with Crippen molar-refractivity contribution in [3.8, 4) is 17.5 Å². The van der Waals surface area contributed by atoms with Crippen molar-refractivity contribution in [2.45, 2.75) is 38.4 Å². The number of nitrogens with zero attached hydrogens (tertiary/aromatic N) is 1. The lowest BCUT2D eigenvalue weighted by Crippen LogP contribution is -2.36. The third kappa shape index (κ3) is 4.48. The highest BCUT2D eigenvalue weighted by molar-refractivity contribution is 6.83. The highest BCUT2D eigenvalue weighted by atomic mass is 28.3. The summed E-state index contributed by atoms with van der Waals surface area (Å²) < 4.78 is 5.12. The zero-order chi connectivity index (χ0) is 15.9. The van der Waals surface area contributed by atoms with Gasteiger partial charge in [0.05, 0.1) is 12.7 Å². The van der Waals surface area contributed by atoms with Crippen LogP contribution in [0.15, 0.2) is 30.3 Å². The van der Waals surface area contributed by atoms with Gasteiger partial charge in [0.15, 0.2) is 5.41 Å². The first-order valence-electron chi connectivity index (χ1n) is 7.00. The molecule has 110 valence electrons. The third-order valence-electron chi connectivity index (χ3n) is 2.90. The van der Waals surface area contributed by atoms with Gasteiger partial charge in [0.2, 0.25) is 0 Å². The van der Waals surface area contributed by atoms with Crippen LogP contribution >= 0.6 is 0 Å². The predicted molar refractivity (Wildman–Crippen MR) is 86.1 cm³/mol. The topological polar surface area (TPSA) is 50.1 Å². The molecule has 0 aliphatic rings. The minimum absolute atomic E-state index is 0.163. The molecule has 4 heteroatoms. The van der Waals surface area contributed by atoms with Crippen LogP contribution in [-0.2, 0) is 14.9 Å². The van der Waals surface area contributed by atoms with E-state index in [1.165, 1.54) is 0 Å². The molecule has 21 heavy (non-hydrogen) atoms. The Labute approximate surface area is 127 Å². The van der Waals surface area contributed by atoms with E-state index in [0.29, 0.717) is 5.56 Å². The van der Waals surface area contributed by atoms with Crippen LogP contribution in [-0.4, -0.2) is 20.7 Å². The summed E-state index contributed by atoms with van der Waals surface area (Å²) in [6.45, 7) is 8.36. The van der Waals surface area contributed by atoms with Crippen molar-refractivity contribution in [2.75, 3.05) is 6.61 Å². The Hall–Kier alpha value is -2.04. The Balaban J connectivity index is 3.24. The second-order valence-corrected chi connectivity index (χ2v) is 10.6. The van der Waals surface area contributed by atoms with Gasteiger partial charge in [0, 0.05) is 6.42 Å². The van der Waals surface area contributed by atoms with Crippen LogP contribution in [0.1, 0.15) is 18.9 Å². The molecular formula is C17H21NO2Si. The highest BCUT2D eigenvalue weighted by Gasteiger charge is 2.41. The number of hydrogen-bond acceptors (Lipinski definition) is 3. The molecule has 0 N–H and O–H groups in total. The van der Waals surface area contributed by atoms with E-state index in [0.717, 1.165) is 0 Å². The Morgan fingerprint density at radius 3 is 2.38 bits per heavy atom. The Kier molecular flexibility index (Phi) is 5.76. The van der Waals surface area contributed by atoms with Crippen molar-refractivity contribution in [2.24, 2.45) is 0 Å². The van der Waals surface area contributed by atoms with Gasteiger partial charge in [0.25, 0.3) is 0 Å². The average Bonchev–Trinajstić information content (AvgIpc) is 2.44. The molecule has 1 rings (SSSR count). The van der Waals surface area contributed by atoms with Crippen LogP contribution in [0.3, 0.4) is 0 Å². The van der Waals surface area contributed by atoms with Crippen LogP contribution in [0.2, 0.25) is 19.6 Å². The van der Waals surface area contributed by atoms with Gasteiger partial charge in [-0.1, -0.05) is 50.0 Å². The molecule has 0 heterocycles. The van der Waals surface area contributed by atoms with E-state index in [1.54, 1.807) is 19.1 Å². The molecule has 0 aliphatic carbocycles. The van der Waals surface area contributed by atoms with E-state index in [1.807, 2.05) is 18.2 Å². The van der Waals surface area contributed by atoms with Crippen LogP contribution in [0.5, 0.6) is 0 Å². The van der Waals surface area contributed by atoms with E-state index < -0.39 is 19.5 Å². The molecule has 0 aromatic heterocycles. The lowest BCUT2D eigenvalue weighted by Gasteiger charge is -2.22. The van der Waals surface area contributed by atoms with Gasteiger partial charge in [-0.25, -0.2) is 4.79 Å². The minimum Gasteiger partial charge on any atom is -0.465 e. The molecule has 0 fully saturated rings. The smallest absolute Gasteiger partial charge is 0.332 e. The zero-order valence-electron chi connectivity index (χ0n) is 13.1. The summed E-state index contributed by atoms with van der Waals surface area (Å²) in [7, 11) is -1.55. The fourth-order valence-electron chi connectivity index (χ4n) is 1.86. The monoisotopic (exact) mass is 299 g/mol. The summed E-state index contributed by atoms with van der Waals surface area (Å²) in [6, 6.07) is 11.2. The van der Waals surface area contributed by atoms with Gasteiger partial charge >= 0.3 is 5.97 Å². The summed E-state index contributed by atoms with van der Waals surface area (Å²) in [5, 5.41) is 9.65. The zero-order valence-corrected chi connectivity index (χ0v) is 14.1. The van der Waals surface area contributed by atoms with Crippen molar-refractivity contribution >= 4 is 14.0 Å². The lowest BCUT2D eigenvalue weighted by molar-refractivity contribution is -0.147.